The number of rotatable bonds is 4. The number of hydrogen-bond acceptors (Lipinski definition) is 3. The summed E-state index contributed by atoms with van der Waals surface area (Å²) < 4.78 is 35.1. The normalized spacial score (nSPS) is 11.6. The summed E-state index contributed by atoms with van der Waals surface area (Å²) in [6, 6.07) is 0. The number of halogens is 3. The molecule has 0 aliphatic carbocycles. The van der Waals surface area contributed by atoms with Gasteiger partial charge in [0, 0.05) is 12.8 Å². The van der Waals surface area contributed by atoms with E-state index in [1.165, 1.54) is 6.20 Å². The van der Waals surface area contributed by atoms with E-state index in [2.05, 4.69) is 15.4 Å². The smallest absolute Gasteiger partial charge is 0.292 e. The molecule has 0 fully saturated rings. The predicted octanol–water partition coefficient (Wildman–Crippen LogP) is 1.72. The van der Waals surface area contributed by atoms with Crippen LogP contribution in [0.3, 0.4) is 0 Å². The molecule has 7 heteroatoms. The van der Waals surface area contributed by atoms with Gasteiger partial charge in [0.15, 0.2) is 5.78 Å². The average Bonchev–Trinajstić information content (AvgIpc) is 2.53. The zero-order chi connectivity index (χ0) is 10.6. The molecule has 0 aliphatic rings. The summed E-state index contributed by atoms with van der Waals surface area (Å²) >= 11 is 0. The van der Waals surface area contributed by atoms with E-state index in [9.17, 15) is 18.0 Å². The van der Waals surface area contributed by atoms with E-state index in [-0.39, 0.29) is 18.5 Å². The zero-order valence-electron chi connectivity index (χ0n) is 7.14. The van der Waals surface area contributed by atoms with Crippen molar-refractivity contribution in [3.8, 4) is 0 Å². The van der Waals surface area contributed by atoms with Gasteiger partial charge in [0.1, 0.15) is 5.69 Å². The molecule has 1 aromatic rings. The second-order valence-corrected chi connectivity index (χ2v) is 2.75. The Labute approximate surface area is 77.5 Å². The van der Waals surface area contributed by atoms with Crippen molar-refractivity contribution in [3.05, 3.63) is 11.9 Å². The number of alkyl halides is 3. The minimum atomic E-state index is -4.20. The van der Waals surface area contributed by atoms with E-state index in [1.807, 2.05) is 0 Å². The maximum atomic E-state index is 11.7. The van der Waals surface area contributed by atoms with Gasteiger partial charge in [0.25, 0.3) is 0 Å². The van der Waals surface area contributed by atoms with E-state index in [0.717, 1.165) is 0 Å². The summed E-state index contributed by atoms with van der Waals surface area (Å²) in [4.78, 5) is 11.1. The first-order valence-electron chi connectivity index (χ1n) is 3.95. The SMILES string of the molecule is O=C(CCCC(F)(F)F)c1cn[nH]n1. The lowest BCUT2D eigenvalue weighted by Gasteiger charge is -2.03. The molecule has 0 aromatic carbocycles. The molecule has 1 aromatic heterocycles. The van der Waals surface area contributed by atoms with Crippen LogP contribution in [0.25, 0.3) is 0 Å². The number of nitrogens with zero attached hydrogens (tertiary/aromatic N) is 2. The van der Waals surface area contributed by atoms with Gasteiger partial charge in [-0.1, -0.05) is 0 Å². The van der Waals surface area contributed by atoms with Crippen molar-refractivity contribution in [1.29, 1.82) is 0 Å². The van der Waals surface area contributed by atoms with E-state index in [0.29, 0.717) is 0 Å². The zero-order valence-corrected chi connectivity index (χ0v) is 7.14. The molecule has 0 saturated heterocycles. The molecule has 1 heterocycles. The number of hydrogen-bond donors (Lipinski definition) is 1. The number of nitrogens with one attached hydrogen (secondary N) is 1. The van der Waals surface area contributed by atoms with Crippen LogP contribution in [0.4, 0.5) is 13.2 Å². The fraction of sp³-hybridized carbons (Fsp3) is 0.571. The van der Waals surface area contributed by atoms with Crippen LogP contribution in [0.5, 0.6) is 0 Å². The highest BCUT2D eigenvalue weighted by Gasteiger charge is 2.26. The Morgan fingerprint density at radius 2 is 2.21 bits per heavy atom. The third-order valence-electron chi connectivity index (χ3n) is 1.56. The average molecular weight is 207 g/mol. The van der Waals surface area contributed by atoms with Crippen molar-refractivity contribution in [2.75, 3.05) is 0 Å². The molecule has 0 bridgehead atoms. The van der Waals surface area contributed by atoms with Crippen LogP contribution in [0, 0.1) is 0 Å². The lowest BCUT2D eigenvalue weighted by Crippen LogP contribution is -2.08. The first kappa shape index (κ1) is 10.7. The van der Waals surface area contributed by atoms with Gasteiger partial charge in [-0.25, -0.2) is 0 Å². The number of H-pyrrole nitrogens is 1. The minimum Gasteiger partial charge on any atom is -0.292 e. The number of Topliss-reactive ketones (excluding diaryl/α,β-unsaturated/α-hetero) is 1. The molecule has 78 valence electrons. The maximum absolute atomic E-state index is 11.7. The van der Waals surface area contributed by atoms with Crippen molar-refractivity contribution < 1.29 is 18.0 Å². The monoisotopic (exact) mass is 207 g/mol. The van der Waals surface area contributed by atoms with Gasteiger partial charge in [-0.2, -0.15) is 28.6 Å². The molecule has 14 heavy (non-hydrogen) atoms. The highest BCUT2D eigenvalue weighted by atomic mass is 19.4. The van der Waals surface area contributed by atoms with Gasteiger partial charge >= 0.3 is 6.18 Å². The van der Waals surface area contributed by atoms with E-state index >= 15 is 0 Å². The molecule has 0 atom stereocenters. The first-order valence-corrected chi connectivity index (χ1v) is 3.95. The number of ketones is 1. The van der Waals surface area contributed by atoms with Gasteiger partial charge in [0.05, 0.1) is 6.20 Å². The molecule has 1 rings (SSSR count). The Hall–Kier alpha value is -1.40. The lowest BCUT2D eigenvalue weighted by atomic mass is 10.1. The minimum absolute atomic E-state index is 0.0761. The number of aromatic nitrogens is 3. The molecule has 4 nitrogen and oxygen atoms in total. The molecule has 0 aliphatic heterocycles. The molecule has 0 unspecified atom stereocenters. The quantitative estimate of drug-likeness (QED) is 0.764. The molecule has 0 radical (unpaired) electrons. The highest BCUT2D eigenvalue weighted by molar-refractivity contribution is 5.93. The van der Waals surface area contributed by atoms with Crippen molar-refractivity contribution in [1.82, 2.24) is 15.4 Å². The van der Waals surface area contributed by atoms with Gasteiger partial charge in [-0.05, 0) is 6.42 Å². The number of carbonyl (C=O) groups excluding carboxylic acids is 1. The molecule has 0 spiro atoms. The summed E-state index contributed by atoms with van der Waals surface area (Å²) in [5, 5.41) is 9.06. The second-order valence-electron chi connectivity index (χ2n) is 2.75. The van der Waals surface area contributed by atoms with Crippen LogP contribution in [0.15, 0.2) is 6.20 Å². The Morgan fingerprint density at radius 3 is 2.71 bits per heavy atom. The maximum Gasteiger partial charge on any atom is 0.389 e. The Kier molecular flexibility index (Phi) is 3.21. The van der Waals surface area contributed by atoms with Crippen LogP contribution in [-0.2, 0) is 0 Å². The molecular weight excluding hydrogens is 199 g/mol. The molecule has 1 N–H and O–H groups in total. The van der Waals surface area contributed by atoms with Crippen LogP contribution >= 0.6 is 0 Å². The van der Waals surface area contributed by atoms with Crippen molar-refractivity contribution in [3.63, 3.8) is 0 Å². The van der Waals surface area contributed by atoms with Crippen molar-refractivity contribution in [2.45, 2.75) is 25.4 Å². The van der Waals surface area contributed by atoms with Gasteiger partial charge in [-0.3, -0.25) is 4.79 Å². The first-order chi connectivity index (χ1) is 6.49. The Balaban J connectivity index is 2.30. The highest BCUT2D eigenvalue weighted by Crippen LogP contribution is 2.22. The standard InChI is InChI=1S/C7H8F3N3O/c8-7(9,10)3-1-2-6(14)5-4-11-13-12-5/h4H,1-3H2,(H,11,12,13). The summed E-state index contributed by atoms with van der Waals surface area (Å²) in [6.45, 7) is 0. The van der Waals surface area contributed by atoms with Crippen LogP contribution in [0.1, 0.15) is 29.8 Å². The van der Waals surface area contributed by atoms with Crippen LogP contribution in [-0.4, -0.2) is 27.4 Å². The predicted molar refractivity (Wildman–Crippen MR) is 40.6 cm³/mol. The summed E-state index contributed by atoms with van der Waals surface area (Å²) in [5.41, 5.74) is 0.0761. The largest absolute Gasteiger partial charge is 0.389 e. The van der Waals surface area contributed by atoms with E-state index in [4.69, 9.17) is 0 Å². The second kappa shape index (κ2) is 4.21. The van der Waals surface area contributed by atoms with E-state index in [1.54, 1.807) is 0 Å². The molecular formula is C7H8F3N3O. The molecule has 0 amide bonds. The topological polar surface area (TPSA) is 58.6 Å². The van der Waals surface area contributed by atoms with E-state index < -0.39 is 18.4 Å². The lowest BCUT2D eigenvalue weighted by molar-refractivity contribution is -0.135. The van der Waals surface area contributed by atoms with Crippen molar-refractivity contribution >= 4 is 5.78 Å². The molecule has 0 saturated carbocycles. The number of aromatic amines is 1. The fourth-order valence-corrected chi connectivity index (χ4v) is 0.913. The third kappa shape index (κ3) is 3.55. The summed E-state index contributed by atoms with van der Waals surface area (Å²) in [5.74, 6) is -0.428. The number of carbonyl (C=O) groups is 1. The summed E-state index contributed by atoms with van der Waals surface area (Å²) in [6.07, 6.45) is -4.34. The van der Waals surface area contributed by atoms with Crippen LogP contribution < -0.4 is 0 Å². The Bertz CT molecular complexity index is 294. The van der Waals surface area contributed by atoms with Crippen LogP contribution in [0.2, 0.25) is 0 Å². The fourth-order valence-electron chi connectivity index (χ4n) is 0.913. The van der Waals surface area contributed by atoms with Crippen molar-refractivity contribution in [2.24, 2.45) is 0 Å². The van der Waals surface area contributed by atoms with Gasteiger partial charge in [0.2, 0.25) is 0 Å². The Morgan fingerprint density at radius 1 is 1.50 bits per heavy atom. The van der Waals surface area contributed by atoms with Gasteiger partial charge in [-0.15, -0.1) is 0 Å². The van der Waals surface area contributed by atoms with Gasteiger partial charge < -0.3 is 0 Å². The third-order valence-corrected chi connectivity index (χ3v) is 1.56. The summed E-state index contributed by atoms with van der Waals surface area (Å²) in [7, 11) is 0.